The van der Waals surface area contributed by atoms with E-state index in [9.17, 15) is 4.79 Å². The van der Waals surface area contributed by atoms with E-state index >= 15 is 0 Å². The first-order valence-corrected chi connectivity index (χ1v) is 6.68. The van der Waals surface area contributed by atoms with Gasteiger partial charge in [0.2, 0.25) is 0 Å². The van der Waals surface area contributed by atoms with Crippen LogP contribution in [0.2, 0.25) is 0 Å². The van der Waals surface area contributed by atoms with Crippen molar-refractivity contribution in [1.29, 1.82) is 0 Å². The van der Waals surface area contributed by atoms with Crippen LogP contribution in [0, 0.1) is 0 Å². The normalized spacial score (nSPS) is 15.8. The minimum atomic E-state index is -0.478. The summed E-state index contributed by atoms with van der Waals surface area (Å²) >= 11 is 0. The van der Waals surface area contributed by atoms with Crippen molar-refractivity contribution in [2.45, 2.75) is 18.4 Å². The number of aromatic nitrogens is 5. The van der Waals surface area contributed by atoms with E-state index in [1.54, 1.807) is 18.5 Å². The number of rotatable bonds is 3. The van der Waals surface area contributed by atoms with Crippen LogP contribution >= 0.6 is 0 Å². The highest BCUT2D eigenvalue weighted by molar-refractivity contribution is 6.07. The fourth-order valence-electron chi connectivity index (χ4n) is 2.49. The number of fused-ring (bicyclic) bond motifs is 1. The van der Waals surface area contributed by atoms with Gasteiger partial charge in [-0.1, -0.05) is 17.3 Å². The number of carbonyl (C=O) groups is 1. The Morgan fingerprint density at radius 3 is 2.95 bits per heavy atom. The molecule has 7 heteroatoms. The molecule has 3 aromatic rings. The number of amides is 1. The average molecular weight is 280 g/mol. The zero-order valence-electron chi connectivity index (χ0n) is 11.1. The minimum absolute atomic E-state index is 0.143. The molecule has 4 rings (SSSR count). The number of nitrogens with zero attached hydrogens (tertiary/aromatic N) is 4. The fourth-order valence-corrected chi connectivity index (χ4v) is 2.49. The van der Waals surface area contributed by atoms with E-state index in [0.717, 1.165) is 23.6 Å². The van der Waals surface area contributed by atoms with Crippen molar-refractivity contribution in [3.8, 4) is 0 Å². The molecule has 1 aliphatic carbocycles. The Bertz CT molecular complexity index is 804. The van der Waals surface area contributed by atoms with Crippen molar-refractivity contribution in [3.05, 3.63) is 48.0 Å². The largest absolute Gasteiger partial charge is 0.339 e. The van der Waals surface area contributed by atoms with Crippen LogP contribution in [0.25, 0.3) is 10.8 Å². The smallest absolute Gasteiger partial charge is 0.252 e. The molecule has 1 aromatic carbocycles. The van der Waals surface area contributed by atoms with Gasteiger partial charge in [0.25, 0.3) is 5.91 Å². The molecule has 21 heavy (non-hydrogen) atoms. The number of nitrogens with one attached hydrogen (secondary N) is 2. The van der Waals surface area contributed by atoms with Crippen LogP contribution in [0.4, 0.5) is 0 Å². The van der Waals surface area contributed by atoms with Crippen LogP contribution in [0.3, 0.4) is 0 Å². The molecular formula is C14H12N6O. The number of tetrazole rings is 1. The molecular weight excluding hydrogens is 268 g/mol. The van der Waals surface area contributed by atoms with Crippen molar-refractivity contribution in [3.63, 3.8) is 0 Å². The van der Waals surface area contributed by atoms with Crippen molar-refractivity contribution in [1.82, 2.24) is 30.9 Å². The summed E-state index contributed by atoms with van der Waals surface area (Å²) in [6.07, 6.45) is 5.06. The Morgan fingerprint density at radius 2 is 2.19 bits per heavy atom. The molecule has 1 aliphatic rings. The molecule has 0 radical (unpaired) electrons. The van der Waals surface area contributed by atoms with Gasteiger partial charge in [-0.25, -0.2) is 0 Å². The molecule has 1 amide bonds. The number of aromatic amines is 1. The van der Waals surface area contributed by atoms with Crippen LogP contribution in [-0.4, -0.2) is 31.5 Å². The number of H-pyrrole nitrogens is 1. The Balaban J connectivity index is 1.69. The Hall–Kier alpha value is -2.83. The van der Waals surface area contributed by atoms with Gasteiger partial charge in [0.1, 0.15) is 5.54 Å². The molecule has 0 saturated heterocycles. The summed E-state index contributed by atoms with van der Waals surface area (Å²) in [4.78, 5) is 16.7. The van der Waals surface area contributed by atoms with E-state index in [1.165, 1.54) is 0 Å². The molecule has 0 aliphatic heterocycles. The zero-order valence-corrected chi connectivity index (χ0v) is 11.1. The summed E-state index contributed by atoms with van der Waals surface area (Å²) in [5, 5.41) is 18.8. The van der Waals surface area contributed by atoms with Gasteiger partial charge >= 0.3 is 0 Å². The molecule has 1 saturated carbocycles. The molecule has 0 spiro atoms. The third-order valence-corrected chi connectivity index (χ3v) is 3.80. The lowest BCUT2D eigenvalue weighted by atomic mass is 10.1. The number of benzene rings is 1. The second-order valence-corrected chi connectivity index (χ2v) is 5.17. The number of hydrogen-bond acceptors (Lipinski definition) is 5. The molecule has 2 aromatic heterocycles. The Morgan fingerprint density at radius 1 is 1.29 bits per heavy atom. The molecule has 7 nitrogen and oxygen atoms in total. The monoisotopic (exact) mass is 280 g/mol. The lowest BCUT2D eigenvalue weighted by Gasteiger charge is -2.14. The van der Waals surface area contributed by atoms with Crippen molar-refractivity contribution in [2.24, 2.45) is 0 Å². The lowest BCUT2D eigenvalue weighted by molar-refractivity contribution is 0.0930. The topological polar surface area (TPSA) is 96.5 Å². The van der Waals surface area contributed by atoms with Crippen molar-refractivity contribution >= 4 is 16.7 Å². The first-order chi connectivity index (χ1) is 10.3. The number of pyridine rings is 1. The summed E-state index contributed by atoms with van der Waals surface area (Å²) in [7, 11) is 0. The molecule has 0 atom stereocenters. The third kappa shape index (κ3) is 1.94. The number of carbonyl (C=O) groups excluding carboxylic acids is 1. The zero-order chi connectivity index (χ0) is 14.3. The summed E-state index contributed by atoms with van der Waals surface area (Å²) in [6.45, 7) is 0. The van der Waals surface area contributed by atoms with Gasteiger partial charge in [0, 0.05) is 23.3 Å². The summed E-state index contributed by atoms with van der Waals surface area (Å²) in [5.41, 5.74) is 0.129. The highest BCUT2D eigenvalue weighted by atomic mass is 16.1. The van der Waals surface area contributed by atoms with Gasteiger partial charge in [-0.05, 0) is 30.4 Å². The SMILES string of the molecule is O=C(NC1(c2nn[nH]n2)CC1)c1cccc2ccncc12. The van der Waals surface area contributed by atoms with Crippen LogP contribution in [0.15, 0.2) is 36.7 Å². The second-order valence-electron chi connectivity index (χ2n) is 5.17. The Kier molecular flexibility index (Phi) is 2.47. The molecule has 1 fully saturated rings. The van der Waals surface area contributed by atoms with E-state index in [2.05, 4.69) is 30.9 Å². The van der Waals surface area contributed by atoms with E-state index < -0.39 is 5.54 Å². The van der Waals surface area contributed by atoms with Crippen LogP contribution in [0.5, 0.6) is 0 Å². The summed E-state index contributed by atoms with van der Waals surface area (Å²) < 4.78 is 0. The molecule has 2 heterocycles. The maximum absolute atomic E-state index is 12.6. The average Bonchev–Trinajstić information content (AvgIpc) is 3.08. The molecule has 0 unspecified atom stereocenters. The van der Waals surface area contributed by atoms with E-state index in [1.807, 2.05) is 18.2 Å². The van der Waals surface area contributed by atoms with E-state index in [-0.39, 0.29) is 5.91 Å². The predicted octanol–water partition coefficient (Wildman–Crippen LogP) is 1.17. The maximum atomic E-state index is 12.6. The minimum Gasteiger partial charge on any atom is -0.339 e. The third-order valence-electron chi connectivity index (χ3n) is 3.80. The maximum Gasteiger partial charge on any atom is 0.252 e. The summed E-state index contributed by atoms with van der Waals surface area (Å²) in [5.74, 6) is 0.394. The highest BCUT2D eigenvalue weighted by Crippen LogP contribution is 2.43. The van der Waals surface area contributed by atoms with Gasteiger partial charge in [0.15, 0.2) is 5.82 Å². The molecule has 2 N–H and O–H groups in total. The van der Waals surface area contributed by atoms with Crippen LogP contribution in [-0.2, 0) is 5.54 Å². The first kappa shape index (κ1) is 12.0. The first-order valence-electron chi connectivity index (χ1n) is 6.68. The van der Waals surface area contributed by atoms with E-state index in [0.29, 0.717) is 11.4 Å². The standard InChI is InChI=1S/C14H12N6O/c21-12(16-14(5-6-14)13-17-19-20-18-13)10-3-1-2-9-4-7-15-8-11(9)10/h1-4,7-8H,5-6H2,(H,16,21)(H,17,18,19,20). The van der Waals surface area contributed by atoms with Crippen LogP contribution in [0.1, 0.15) is 29.0 Å². The van der Waals surface area contributed by atoms with Gasteiger partial charge in [-0.15, -0.1) is 10.2 Å². The summed E-state index contributed by atoms with van der Waals surface area (Å²) in [6, 6.07) is 7.51. The van der Waals surface area contributed by atoms with Gasteiger partial charge in [0.05, 0.1) is 0 Å². The van der Waals surface area contributed by atoms with Gasteiger partial charge in [-0.2, -0.15) is 5.21 Å². The molecule has 104 valence electrons. The van der Waals surface area contributed by atoms with Crippen molar-refractivity contribution in [2.75, 3.05) is 0 Å². The second kappa shape index (κ2) is 4.34. The highest BCUT2D eigenvalue weighted by Gasteiger charge is 2.49. The number of hydrogen-bond donors (Lipinski definition) is 2. The quantitative estimate of drug-likeness (QED) is 0.750. The van der Waals surface area contributed by atoms with Gasteiger partial charge < -0.3 is 5.32 Å². The fraction of sp³-hybridized carbons (Fsp3) is 0.214. The van der Waals surface area contributed by atoms with Gasteiger partial charge in [-0.3, -0.25) is 9.78 Å². The van der Waals surface area contributed by atoms with Crippen LogP contribution < -0.4 is 5.32 Å². The van der Waals surface area contributed by atoms with Crippen molar-refractivity contribution < 1.29 is 4.79 Å². The van der Waals surface area contributed by atoms with E-state index in [4.69, 9.17) is 0 Å². The lowest BCUT2D eigenvalue weighted by Crippen LogP contribution is -2.35. The predicted molar refractivity (Wildman–Crippen MR) is 74.3 cm³/mol. The molecule has 0 bridgehead atoms. The Labute approximate surface area is 119 Å².